The van der Waals surface area contributed by atoms with Crippen molar-refractivity contribution >= 4 is 34.1 Å². The van der Waals surface area contributed by atoms with E-state index in [0.717, 1.165) is 33.4 Å². The van der Waals surface area contributed by atoms with Gasteiger partial charge >= 0.3 is 0 Å². The first-order chi connectivity index (χ1) is 13.0. The molecule has 0 spiro atoms. The summed E-state index contributed by atoms with van der Waals surface area (Å²) in [5.74, 6) is -0.0478. The number of benzene rings is 1. The molecule has 3 rings (SSSR count). The topological polar surface area (TPSA) is 67.8 Å². The number of hydrogen-bond donors (Lipinski definition) is 1. The quantitative estimate of drug-likeness (QED) is 0.476. The van der Waals surface area contributed by atoms with Crippen molar-refractivity contribution in [2.45, 2.75) is 38.8 Å². The van der Waals surface area contributed by atoms with E-state index in [2.05, 4.69) is 33.3 Å². The second kappa shape index (κ2) is 8.63. The highest BCUT2D eigenvalue weighted by atomic mass is 32.2. The molecule has 0 aliphatic carbocycles. The molecule has 0 saturated carbocycles. The molecule has 140 valence electrons. The first-order valence-electron chi connectivity index (χ1n) is 8.67. The number of carbonyl (C=O) groups excluding carboxylic acids is 1. The molecule has 1 N–H and O–H groups in total. The van der Waals surface area contributed by atoms with Gasteiger partial charge in [0.1, 0.15) is 0 Å². The number of rotatable bonds is 6. The highest BCUT2D eigenvalue weighted by Crippen LogP contribution is 2.27. The summed E-state index contributed by atoms with van der Waals surface area (Å²) in [6, 6.07) is 8.10. The fourth-order valence-electron chi connectivity index (χ4n) is 2.90. The number of hydrogen-bond acceptors (Lipinski definition) is 6. The number of aromatic nitrogens is 3. The summed E-state index contributed by atoms with van der Waals surface area (Å²) in [4.78, 5) is 25.8. The molecule has 0 bridgehead atoms. The zero-order valence-corrected chi connectivity index (χ0v) is 17.5. The molecule has 0 saturated heterocycles. The van der Waals surface area contributed by atoms with Crippen molar-refractivity contribution in [2.75, 3.05) is 11.6 Å². The number of anilines is 1. The Balaban J connectivity index is 1.63. The van der Waals surface area contributed by atoms with Crippen LogP contribution in [0, 0.1) is 20.8 Å². The van der Waals surface area contributed by atoms with Crippen LogP contribution in [0.1, 0.15) is 28.9 Å². The van der Waals surface area contributed by atoms with Gasteiger partial charge < -0.3 is 5.32 Å². The second-order valence-corrected chi connectivity index (χ2v) is 7.89. The number of aryl methyl sites for hydroxylation is 3. The van der Waals surface area contributed by atoms with E-state index in [1.54, 1.807) is 0 Å². The van der Waals surface area contributed by atoms with E-state index in [1.165, 1.54) is 28.7 Å². The van der Waals surface area contributed by atoms with E-state index in [0.29, 0.717) is 18.0 Å². The van der Waals surface area contributed by atoms with E-state index >= 15 is 0 Å². The molecule has 0 atom stereocenters. The van der Waals surface area contributed by atoms with Gasteiger partial charge in [-0.25, -0.2) is 15.0 Å². The van der Waals surface area contributed by atoms with Crippen molar-refractivity contribution in [3.63, 3.8) is 0 Å². The molecule has 5 nitrogen and oxygen atoms in total. The van der Waals surface area contributed by atoms with E-state index in [4.69, 9.17) is 0 Å². The second-order valence-electron chi connectivity index (χ2n) is 6.26. The third-order valence-corrected chi connectivity index (χ3v) is 5.66. The van der Waals surface area contributed by atoms with E-state index < -0.39 is 0 Å². The Morgan fingerprint density at radius 2 is 1.81 bits per heavy atom. The smallest absolute Gasteiger partial charge is 0.226 e. The van der Waals surface area contributed by atoms with E-state index in [1.807, 2.05) is 43.7 Å². The average Bonchev–Trinajstić information content (AvgIpc) is 3.09. The van der Waals surface area contributed by atoms with Crippen LogP contribution in [0.25, 0.3) is 11.3 Å². The zero-order chi connectivity index (χ0) is 19.4. The summed E-state index contributed by atoms with van der Waals surface area (Å²) in [5.41, 5.74) is 6.07. The van der Waals surface area contributed by atoms with Crippen LogP contribution >= 0.6 is 23.1 Å². The van der Waals surface area contributed by atoms with Gasteiger partial charge in [0.15, 0.2) is 10.3 Å². The highest BCUT2D eigenvalue weighted by molar-refractivity contribution is 7.98. The molecule has 1 amide bonds. The molecule has 0 radical (unpaired) electrons. The zero-order valence-electron chi connectivity index (χ0n) is 15.9. The molecule has 2 aromatic heterocycles. The lowest BCUT2D eigenvalue weighted by Crippen LogP contribution is -2.13. The number of carbonyl (C=O) groups is 1. The van der Waals surface area contributed by atoms with Gasteiger partial charge in [-0.1, -0.05) is 36.0 Å². The summed E-state index contributed by atoms with van der Waals surface area (Å²) in [6.45, 7) is 6.00. The van der Waals surface area contributed by atoms with E-state index in [9.17, 15) is 4.79 Å². The Morgan fingerprint density at radius 1 is 1.11 bits per heavy atom. The van der Waals surface area contributed by atoms with Crippen LogP contribution in [0.4, 0.5) is 5.13 Å². The molecule has 2 heterocycles. The highest BCUT2D eigenvalue weighted by Gasteiger charge is 2.13. The maximum absolute atomic E-state index is 12.4. The third-order valence-electron chi connectivity index (χ3n) is 4.36. The van der Waals surface area contributed by atoms with Gasteiger partial charge in [0.2, 0.25) is 5.91 Å². The maximum atomic E-state index is 12.4. The standard InChI is InChI=1S/C20H22N4OS2/c1-12-7-5-6-8-15(12)17-11-27-20(23-17)24-18(25)10-9-16-13(2)21-19(26-4)22-14(16)3/h5-8,11H,9-10H2,1-4H3,(H,23,24,25). The largest absolute Gasteiger partial charge is 0.302 e. The van der Waals surface area contributed by atoms with Crippen molar-refractivity contribution in [1.82, 2.24) is 15.0 Å². The number of amides is 1. The summed E-state index contributed by atoms with van der Waals surface area (Å²) in [6.07, 6.45) is 2.96. The van der Waals surface area contributed by atoms with Crippen molar-refractivity contribution in [3.05, 3.63) is 52.2 Å². The molecule has 0 unspecified atom stereocenters. The molecule has 0 aliphatic rings. The van der Waals surface area contributed by atoms with E-state index in [-0.39, 0.29) is 5.91 Å². The summed E-state index contributed by atoms with van der Waals surface area (Å²) >= 11 is 2.97. The Bertz CT molecular complexity index is 945. The minimum atomic E-state index is -0.0478. The molecule has 0 fully saturated rings. The monoisotopic (exact) mass is 398 g/mol. The summed E-state index contributed by atoms with van der Waals surface area (Å²) < 4.78 is 0. The molecule has 27 heavy (non-hydrogen) atoms. The Labute approximate surface area is 167 Å². The van der Waals surface area contributed by atoms with Gasteiger partial charge in [-0.15, -0.1) is 11.3 Å². The SMILES string of the molecule is CSc1nc(C)c(CCC(=O)Nc2nc(-c3ccccc3C)cs2)c(C)n1. The predicted octanol–water partition coefficient (Wildman–Crippen LogP) is 4.82. The summed E-state index contributed by atoms with van der Waals surface area (Å²) in [7, 11) is 0. The minimum Gasteiger partial charge on any atom is -0.302 e. The molecule has 7 heteroatoms. The Kier molecular flexibility index (Phi) is 6.23. The van der Waals surface area contributed by atoms with Gasteiger partial charge in [0, 0.05) is 28.8 Å². The van der Waals surface area contributed by atoms with Crippen molar-refractivity contribution in [3.8, 4) is 11.3 Å². The third kappa shape index (κ3) is 4.73. The van der Waals surface area contributed by atoms with Crippen LogP contribution in [0.5, 0.6) is 0 Å². The Morgan fingerprint density at radius 3 is 2.48 bits per heavy atom. The van der Waals surface area contributed by atoms with Gasteiger partial charge in [-0.3, -0.25) is 4.79 Å². The molecule has 1 aromatic carbocycles. The molecular formula is C20H22N4OS2. The Hall–Kier alpha value is -2.25. The van der Waals surface area contributed by atoms with Crippen LogP contribution < -0.4 is 5.32 Å². The fraction of sp³-hybridized carbons (Fsp3) is 0.300. The van der Waals surface area contributed by atoms with Gasteiger partial charge in [-0.2, -0.15) is 0 Å². The molecular weight excluding hydrogens is 376 g/mol. The van der Waals surface area contributed by atoms with Gasteiger partial charge in [0.25, 0.3) is 0 Å². The number of nitrogens with zero attached hydrogens (tertiary/aromatic N) is 3. The lowest BCUT2D eigenvalue weighted by atomic mass is 10.1. The van der Waals surface area contributed by atoms with Crippen molar-refractivity contribution < 1.29 is 4.79 Å². The summed E-state index contributed by atoms with van der Waals surface area (Å²) in [5, 5.41) is 6.27. The van der Waals surface area contributed by atoms with Crippen LogP contribution in [0.15, 0.2) is 34.8 Å². The molecule has 0 aliphatic heterocycles. The first-order valence-corrected chi connectivity index (χ1v) is 10.8. The first kappa shape index (κ1) is 19.5. The van der Waals surface area contributed by atoms with Crippen LogP contribution in [0.2, 0.25) is 0 Å². The van der Waals surface area contributed by atoms with Gasteiger partial charge in [-0.05, 0) is 44.6 Å². The predicted molar refractivity (Wildman–Crippen MR) is 113 cm³/mol. The minimum absolute atomic E-state index is 0.0478. The normalized spacial score (nSPS) is 10.8. The molecule has 3 aromatic rings. The van der Waals surface area contributed by atoms with Crippen LogP contribution in [0.3, 0.4) is 0 Å². The van der Waals surface area contributed by atoms with Gasteiger partial charge in [0.05, 0.1) is 5.69 Å². The number of thioether (sulfide) groups is 1. The number of thiazole rings is 1. The van der Waals surface area contributed by atoms with Crippen LogP contribution in [-0.2, 0) is 11.2 Å². The average molecular weight is 399 g/mol. The van der Waals surface area contributed by atoms with Crippen molar-refractivity contribution in [1.29, 1.82) is 0 Å². The lowest BCUT2D eigenvalue weighted by Gasteiger charge is -2.09. The van der Waals surface area contributed by atoms with Crippen LogP contribution in [-0.4, -0.2) is 27.1 Å². The van der Waals surface area contributed by atoms with Crippen molar-refractivity contribution in [2.24, 2.45) is 0 Å². The lowest BCUT2D eigenvalue weighted by molar-refractivity contribution is -0.116. The maximum Gasteiger partial charge on any atom is 0.226 e. The fourth-order valence-corrected chi connectivity index (χ4v) is 4.08. The number of nitrogens with one attached hydrogen (secondary N) is 1.